The van der Waals surface area contributed by atoms with Gasteiger partial charge >= 0.3 is 0 Å². The fourth-order valence-corrected chi connectivity index (χ4v) is 3.49. The van der Waals surface area contributed by atoms with Gasteiger partial charge in [-0.2, -0.15) is 5.26 Å². The van der Waals surface area contributed by atoms with Crippen molar-refractivity contribution in [2.24, 2.45) is 0 Å². The summed E-state index contributed by atoms with van der Waals surface area (Å²) in [5, 5.41) is 11.5. The average Bonchev–Trinajstić information content (AvgIpc) is 2.71. The second kappa shape index (κ2) is 9.05. The van der Waals surface area contributed by atoms with E-state index >= 15 is 0 Å². The summed E-state index contributed by atoms with van der Waals surface area (Å²) < 4.78 is 5.28. The molecular formula is C22H24N2O2. The average molecular weight is 348 g/mol. The van der Waals surface area contributed by atoms with Gasteiger partial charge in [-0.25, -0.2) is 0 Å². The van der Waals surface area contributed by atoms with Crippen molar-refractivity contribution in [3.63, 3.8) is 0 Å². The first-order chi connectivity index (χ1) is 12.8. The van der Waals surface area contributed by atoms with Crippen LogP contribution in [0.15, 0.2) is 48.5 Å². The smallest absolute Gasteiger partial charge is 0.251 e. The van der Waals surface area contributed by atoms with E-state index in [-0.39, 0.29) is 12.5 Å². The minimum atomic E-state index is -0.0801. The topological polar surface area (TPSA) is 62.1 Å². The zero-order valence-corrected chi connectivity index (χ0v) is 14.9. The zero-order chi connectivity index (χ0) is 18.2. The number of nitrogens with one attached hydrogen (secondary N) is 1. The van der Waals surface area contributed by atoms with E-state index in [1.165, 1.54) is 37.7 Å². The van der Waals surface area contributed by atoms with Gasteiger partial charge in [0.2, 0.25) is 0 Å². The van der Waals surface area contributed by atoms with Gasteiger partial charge in [0, 0.05) is 12.1 Å². The summed E-state index contributed by atoms with van der Waals surface area (Å²) in [6.45, 7) is 0.441. The highest BCUT2D eigenvalue weighted by atomic mass is 16.5. The van der Waals surface area contributed by atoms with Gasteiger partial charge in [0.15, 0.2) is 6.61 Å². The SMILES string of the molecule is N#CCOc1cccc(CNC(=O)c2ccc(C3CCCCC3)cc2)c1. The van der Waals surface area contributed by atoms with Gasteiger partial charge in [-0.05, 0) is 54.2 Å². The lowest BCUT2D eigenvalue weighted by Gasteiger charge is -2.22. The molecule has 1 aliphatic carbocycles. The summed E-state index contributed by atoms with van der Waals surface area (Å²) in [5.41, 5.74) is 2.97. The number of carbonyl (C=O) groups is 1. The first-order valence-corrected chi connectivity index (χ1v) is 9.23. The molecule has 1 fully saturated rings. The van der Waals surface area contributed by atoms with Crippen molar-refractivity contribution in [3.8, 4) is 11.8 Å². The second-order valence-electron chi connectivity index (χ2n) is 6.73. The number of benzene rings is 2. The van der Waals surface area contributed by atoms with Crippen LogP contribution in [-0.2, 0) is 6.54 Å². The summed E-state index contributed by atoms with van der Waals surface area (Å²) >= 11 is 0. The Hall–Kier alpha value is -2.80. The first kappa shape index (κ1) is 18.0. The normalized spacial score (nSPS) is 14.4. The molecule has 0 heterocycles. The maximum absolute atomic E-state index is 12.4. The van der Waals surface area contributed by atoms with E-state index in [9.17, 15) is 4.79 Å². The molecule has 1 saturated carbocycles. The highest BCUT2D eigenvalue weighted by Crippen LogP contribution is 2.32. The monoisotopic (exact) mass is 348 g/mol. The third kappa shape index (κ3) is 4.86. The molecule has 26 heavy (non-hydrogen) atoms. The Morgan fingerprint density at radius 2 is 1.88 bits per heavy atom. The number of nitrogens with zero attached hydrogens (tertiary/aromatic N) is 1. The molecule has 1 N–H and O–H groups in total. The number of hydrogen-bond donors (Lipinski definition) is 1. The standard InChI is InChI=1S/C22H24N2O2/c23-13-14-26-21-8-4-5-17(15-21)16-24-22(25)20-11-9-19(10-12-20)18-6-2-1-3-7-18/h4-5,8-12,15,18H,1-3,6-7,14,16H2,(H,24,25). The second-order valence-corrected chi connectivity index (χ2v) is 6.73. The lowest BCUT2D eigenvalue weighted by molar-refractivity contribution is 0.0951. The van der Waals surface area contributed by atoms with Gasteiger partial charge in [-0.1, -0.05) is 43.5 Å². The van der Waals surface area contributed by atoms with E-state index in [4.69, 9.17) is 10.00 Å². The largest absolute Gasteiger partial charge is 0.479 e. The van der Waals surface area contributed by atoms with E-state index < -0.39 is 0 Å². The van der Waals surface area contributed by atoms with Crippen molar-refractivity contribution in [2.45, 2.75) is 44.6 Å². The van der Waals surface area contributed by atoms with Crippen LogP contribution in [0.4, 0.5) is 0 Å². The zero-order valence-electron chi connectivity index (χ0n) is 14.9. The molecule has 0 saturated heterocycles. The molecule has 0 spiro atoms. The van der Waals surface area contributed by atoms with Crippen LogP contribution in [-0.4, -0.2) is 12.5 Å². The first-order valence-electron chi connectivity index (χ1n) is 9.23. The lowest BCUT2D eigenvalue weighted by Crippen LogP contribution is -2.22. The van der Waals surface area contributed by atoms with Crippen LogP contribution in [0.1, 0.15) is 59.5 Å². The Balaban J connectivity index is 1.55. The van der Waals surface area contributed by atoms with Crippen LogP contribution in [0.5, 0.6) is 5.75 Å². The van der Waals surface area contributed by atoms with Gasteiger partial charge in [0.1, 0.15) is 11.8 Å². The molecule has 3 rings (SSSR count). The van der Waals surface area contributed by atoms with Crippen molar-refractivity contribution in [1.82, 2.24) is 5.32 Å². The number of nitriles is 1. The number of amides is 1. The van der Waals surface area contributed by atoms with Gasteiger partial charge in [0.25, 0.3) is 5.91 Å². The minimum absolute atomic E-state index is 0.0170. The van der Waals surface area contributed by atoms with Crippen molar-refractivity contribution >= 4 is 5.91 Å². The Bertz CT molecular complexity index is 771. The quantitative estimate of drug-likeness (QED) is 0.832. The third-order valence-electron chi connectivity index (χ3n) is 4.90. The molecule has 0 unspecified atom stereocenters. The Morgan fingerprint density at radius 3 is 2.62 bits per heavy atom. The molecule has 0 radical (unpaired) electrons. The van der Waals surface area contributed by atoms with Crippen LogP contribution < -0.4 is 10.1 Å². The highest BCUT2D eigenvalue weighted by molar-refractivity contribution is 5.94. The number of ether oxygens (including phenoxy) is 1. The lowest BCUT2D eigenvalue weighted by atomic mass is 9.84. The van der Waals surface area contributed by atoms with Crippen molar-refractivity contribution in [2.75, 3.05) is 6.61 Å². The molecule has 2 aromatic carbocycles. The van der Waals surface area contributed by atoms with Crippen molar-refractivity contribution < 1.29 is 9.53 Å². The molecule has 4 heteroatoms. The van der Waals surface area contributed by atoms with Gasteiger partial charge in [-0.15, -0.1) is 0 Å². The minimum Gasteiger partial charge on any atom is -0.479 e. The summed E-state index contributed by atoms with van der Waals surface area (Å²) in [4.78, 5) is 12.4. The molecular weight excluding hydrogens is 324 g/mol. The van der Waals surface area contributed by atoms with Crippen molar-refractivity contribution in [1.29, 1.82) is 5.26 Å². The molecule has 4 nitrogen and oxygen atoms in total. The van der Waals surface area contributed by atoms with Crippen LogP contribution in [0.2, 0.25) is 0 Å². The fourth-order valence-electron chi connectivity index (χ4n) is 3.49. The number of carbonyl (C=O) groups excluding carboxylic acids is 1. The van der Waals surface area contributed by atoms with E-state index in [0.29, 0.717) is 23.8 Å². The molecule has 0 bridgehead atoms. The molecule has 1 aliphatic rings. The van der Waals surface area contributed by atoms with E-state index in [1.807, 2.05) is 36.4 Å². The van der Waals surface area contributed by atoms with E-state index in [2.05, 4.69) is 17.4 Å². The van der Waals surface area contributed by atoms with E-state index in [0.717, 1.165) is 5.56 Å². The van der Waals surface area contributed by atoms with Gasteiger partial charge in [-0.3, -0.25) is 4.79 Å². The predicted molar refractivity (Wildman–Crippen MR) is 101 cm³/mol. The predicted octanol–water partition coefficient (Wildman–Crippen LogP) is 4.57. The van der Waals surface area contributed by atoms with Gasteiger partial charge < -0.3 is 10.1 Å². The molecule has 1 amide bonds. The Morgan fingerprint density at radius 1 is 1.12 bits per heavy atom. The van der Waals surface area contributed by atoms with Crippen LogP contribution in [0.25, 0.3) is 0 Å². The maximum atomic E-state index is 12.4. The molecule has 0 atom stereocenters. The van der Waals surface area contributed by atoms with Crippen LogP contribution in [0.3, 0.4) is 0 Å². The summed E-state index contributed by atoms with van der Waals surface area (Å²) in [6.07, 6.45) is 6.49. The molecule has 2 aromatic rings. The Labute approximate surface area is 154 Å². The Kier molecular flexibility index (Phi) is 6.27. The molecule has 0 aromatic heterocycles. The summed E-state index contributed by atoms with van der Waals surface area (Å²) in [5.74, 6) is 1.20. The fraction of sp³-hybridized carbons (Fsp3) is 0.364. The highest BCUT2D eigenvalue weighted by Gasteiger charge is 2.15. The summed E-state index contributed by atoms with van der Waals surface area (Å²) in [7, 11) is 0. The molecule has 0 aliphatic heterocycles. The number of hydrogen-bond acceptors (Lipinski definition) is 3. The van der Waals surface area contributed by atoms with Gasteiger partial charge in [0.05, 0.1) is 0 Å². The maximum Gasteiger partial charge on any atom is 0.251 e. The summed E-state index contributed by atoms with van der Waals surface area (Å²) in [6, 6.07) is 17.4. The van der Waals surface area contributed by atoms with Crippen molar-refractivity contribution in [3.05, 3.63) is 65.2 Å². The van der Waals surface area contributed by atoms with Crippen LogP contribution in [0, 0.1) is 11.3 Å². The van der Waals surface area contributed by atoms with E-state index in [1.54, 1.807) is 6.07 Å². The van der Waals surface area contributed by atoms with Crippen LogP contribution >= 0.6 is 0 Å². The molecule has 134 valence electrons. The number of rotatable bonds is 6. The third-order valence-corrected chi connectivity index (χ3v) is 4.90.